The summed E-state index contributed by atoms with van der Waals surface area (Å²) in [6.07, 6.45) is 2.22. The number of hydrogen-bond donors (Lipinski definition) is 2. The number of piperidine rings is 1. The molecule has 1 atom stereocenters. The first-order valence-corrected chi connectivity index (χ1v) is 7.20. The number of benzene rings is 1. The molecule has 1 unspecified atom stereocenters. The molecule has 1 heterocycles. The van der Waals surface area contributed by atoms with Crippen LogP contribution in [-0.4, -0.2) is 42.7 Å². The van der Waals surface area contributed by atoms with Crippen LogP contribution >= 0.6 is 0 Å². The van der Waals surface area contributed by atoms with Crippen LogP contribution in [0.4, 0.5) is 0 Å². The number of likely N-dealkylation sites (tertiary alicyclic amines) is 1. The Morgan fingerprint density at radius 1 is 1.35 bits per heavy atom. The molecule has 4 nitrogen and oxygen atoms in total. The zero-order valence-electron chi connectivity index (χ0n) is 12.3. The number of nitrogens with one attached hydrogen (secondary N) is 1. The second-order valence-corrected chi connectivity index (χ2v) is 6.18. The van der Waals surface area contributed by atoms with Crippen LogP contribution in [0.5, 0.6) is 0 Å². The zero-order chi connectivity index (χ0) is 14.6. The van der Waals surface area contributed by atoms with Crippen LogP contribution in [0.2, 0.25) is 0 Å². The predicted molar refractivity (Wildman–Crippen MR) is 79.7 cm³/mol. The van der Waals surface area contributed by atoms with Gasteiger partial charge in [-0.3, -0.25) is 4.79 Å². The molecule has 1 aliphatic heterocycles. The zero-order valence-corrected chi connectivity index (χ0v) is 12.3. The van der Waals surface area contributed by atoms with Crippen molar-refractivity contribution in [3.63, 3.8) is 0 Å². The minimum Gasteiger partial charge on any atom is -0.480 e. The van der Waals surface area contributed by atoms with E-state index in [0.29, 0.717) is 0 Å². The fourth-order valence-corrected chi connectivity index (χ4v) is 2.68. The Labute approximate surface area is 120 Å². The van der Waals surface area contributed by atoms with E-state index >= 15 is 0 Å². The highest BCUT2D eigenvalue weighted by Crippen LogP contribution is 2.30. The fraction of sp³-hybridized carbons (Fsp3) is 0.562. The number of carboxylic acid groups (broad SMARTS) is 1. The lowest BCUT2D eigenvalue weighted by molar-refractivity contribution is -0.139. The molecular formula is C16H24N2O2. The summed E-state index contributed by atoms with van der Waals surface area (Å²) < 4.78 is 0. The van der Waals surface area contributed by atoms with E-state index in [-0.39, 0.29) is 5.41 Å². The third-order valence-electron chi connectivity index (χ3n) is 4.31. The third kappa shape index (κ3) is 3.81. The van der Waals surface area contributed by atoms with Crippen molar-refractivity contribution in [2.24, 2.45) is 5.41 Å². The number of aliphatic carboxylic acids is 1. The van der Waals surface area contributed by atoms with E-state index in [1.807, 2.05) is 30.3 Å². The van der Waals surface area contributed by atoms with Crippen LogP contribution in [0, 0.1) is 5.41 Å². The molecule has 0 spiro atoms. The topological polar surface area (TPSA) is 52.6 Å². The van der Waals surface area contributed by atoms with Gasteiger partial charge in [-0.05, 0) is 44.0 Å². The van der Waals surface area contributed by atoms with Crippen molar-refractivity contribution < 1.29 is 9.90 Å². The van der Waals surface area contributed by atoms with Crippen molar-refractivity contribution in [2.75, 3.05) is 26.7 Å². The van der Waals surface area contributed by atoms with Gasteiger partial charge in [0.25, 0.3) is 0 Å². The molecule has 20 heavy (non-hydrogen) atoms. The van der Waals surface area contributed by atoms with Crippen LogP contribution in [0.15, 0.2) is 30.3 Å². The van der Waals surface area contributed by atoms with Crippen LogP contribution < -0.4 is 5.32 Å². The summed E-state index contributed by atoms with van der Waals surface area (Å²) in [6, 6.07) is 8.77. The van der Waals surface area contributed by atoms with Crippen molar-refractivity contribution in [2.45, 2.75) is 25.8 Å². The molecule has 1 aliphatic rings. The highest BCUT2D eigenvalue weighted by atomic mass is 16.4. The molecule has 0 aromatic heterocycles. The smallest absolute Gasteiger partial charge is 0.325 e. The highest BCUT2D eigenvalue weighted by Gasteiger charge is 2.30. The summed E-state index contributed by atoms with van der Waals surface area (Å²) in [6.45, 7) is 5.16. The molecule has 2 N–H and O–H groups in total. The fourth-order valence-electron chi connectivity index (χ4n) is 2.68. The Morgan fingerprint density at radius 3 is 2.50 bits per heavy atom. The Morgan fingerprint density at radius 2 is 1.95 bits per heavy atom. The summed E-state index contributed by atoms with van der Waals surface area (Å²) in [4.78, 5) is 13.8. The van der Waals surface area contributed by atoms with Crippen LogP contribution in [0.3, 0.4) is 0 Å². The average molecular weight is 276 g/mol. The molecule has 0 radical (unpaired) electrons. The first-order valence-electron chi connectivity index (χ1n) is 7.20. The molecule has 110 valence electrons. The van der Waals surface area contributed by atoms with E-state index in [2.05, 4.69) is 24.2 Å². The van der Waals surface area contributed by atoms with Crippen LogP contribution in [0.25, 0.3) is 0 Å². The van der Waals surface area contributed by atoms with Gasteiger partial charge in [0, 0.05) is 6.54 Å². The predicted octanol–water partition coefficient (Wildman–Crippen LogP) is 2.13. The van der Waals surface area contributed by atoms with Crippen LogP contribution in [0.1, 0.15) is 31.4 Å². The van der Waals surface area contributed by atoms with Gasteiger partial charge in [-0.15, -0.1) is 0 Å². The van der Waals surface area contributed by atoms with E-state index in [9.17, 15) is 9.90 Å². The molecule has 0 saturated carbocycles. The van der Waals surface area contributed by atoms with Crippen molar-refractivity contribution in [1.82, 2.24) is 10.2 Å². The number of carboxylic acids is 1. The van der Waals surface area contributed by atoms with Gasteiger partial charge in [0.1, 0.15) is 6.04 Å². The molecule has 1 saturated heterocycles. The summed E-state index contributed by atoms with van der Waals surface area (Å²) in [5, 5.41) is 12.7. The number of nitrogens with zero attached hydrogens (tertiary/aromatic N) is 1. The van der Waals surface area contributed by atoms with Gasteiger partial charge in [-0.25, -0.2) is 0 Å². The Hall–Kier alpha value is -1.39. The van der Waals surface area contributed by atoms with Crippen molar-refractivity contribution >= 4 is 5.97 Å². The largest absolute Gasteiger partial charge is 0.480 e. The van der Waals surface area contributed by atoms with Gasteiger partial charge in [-0.1, -0.05) is 37.3 Å². The van der Waals surface area contributed by atoms with E-state index in [1.165, 1.54) is 0 Å². The first-order chi connectivity index (χ1) is 9.50. The lowest BCUT2D eigenvalue weighted by atomic mass is 9.80. The number of carbonyl (C=O) groups is 1. The summed E-state index contributed by atoms with van der Waals surface area (Å²) >= 11 is 0. The molecule has 0 amide bonds. The summed E-state index contributed by atoms with van der Waals surface area (Å²) in [7, 11) is 2.14. The van der Waals surface area contributed by atoms with Gasteiger partial charge < -0.3 is 15.3 Å². The molecule has 4 heteroatoms. The first kappa shape index (κ1) is 15.0. The molecular weight excluding hydrogens is 252 g/mol. The molecule has 1 aromatic rings. The summed E-state index contributed by atoms with van der Waals surface area (Å²) in [5.74, 6) is -0.812. The Balaban J connectivity index is 1.98. The van der Waals surface area contributed by atoms with Crippen molar-refractivity contribution in [3.8, 4) is 0 Å². The van der Waals surface area contributed by atoms with Crippen molar-refractivity contribution in [1.29, 1.82) is 0 Å². The molecule has 0 aliphatic carbocycles. The van der Waals surface area contributed by atoms with Crippen molar-refractivity contribution in [3.05, 3.63) is 35.9 Å². The van der Waals surface area contributed by atoms with Gasteiger partial charge >= 0.3 is 5.97 Å². The normalized spacial score (nSPS) is 20.5. The monoisotopic (exact) mass is 276 g/mol. The molecule has 2 rings (SSSR count). The molecule has 0 bridgehead atoms. The maximum absolute atomic E-state index is 11.5. The molecule has 1 fully saturated rings. The van der Waals surface area contributed by atoms with Gasteiger partial charge in [0.05, 0.1) is 0 Å². The minimum atomic E-state index is -0.812. The average Bonchev–Trinajstić information content (AvgIpc) is 2.44. The number of hydrogen-bond acceptors (Lipinski definition) is 3. The second-order valence-electron chi connectivity index (χ2n) is 6.18. The van der Waals surface area contributed by atoms with Gasteiger partial charge in [0.2, 0.25) is 0 Å². The molecule has 1 aromatic carbocycles. The standard InChI is InChI=1S/C16H24N2O2/c1-16(8-10-18(2)11-9-16)12-17-14(15(19)20)13-6-4-3-5-7-13/h3-7,14,17H,8-12H2,1-2H3,(H,19,20). The van der Waals surface area contributed by atoms with E-state index in [0.717, 1.165) is 38.0 Å². The second kappa shape index (κ2) is 6.37. The van der Waals surface area contributed by atoms with Gasteiger partial charge in [0.15, 0.2) is 0 Å². The number of rotatable bonds is 5. The maximum Gasteiger partial charge on any atom is 0.325 e. The lowest BCUT2D eigenvalue weighted by Crippen LogP contribution is -2.44. The summed E-state index contributed by atoms with van der Waals surface area (Å²) in [5.41, 5.74) is 1.01. The van der Waals surface area contributed by atoms with E-state index in [4.69, 9.17) is 0 Å². The Kier molecular flexibility index (Phi) is 4.78. The quantitative estimate of drug-likeness (QED) is 0.865. The van der Waals surface area contributed by atoms with E-state index in [1.54, 1.807) is 0 Å². The minimum absolute atomic E-state index is 0.189. The lowest BCUT2D eigenvalue weighted by Gasteiger charge is -2.38. The van der Waals surface area contributed by atoms with E-state index < -0.39 is 12.0 Å². The Bertz CT molecular complexity index is 439. The SMILES string of the molecule is CN1CCC(C)(CNC(C(=O)O)c2ccccc2)CC1. The van der Waals surface area contributed by atoms with Gasteiger partial charge in [-0.2, -0.15) is 0 Å². The third-order valence-corrected chi connectivity index (χ3v) is 4.31. The highest BCUT2D eigenvalue weighted by molar-refractivity contribution is 5.75. The van der Waals surface area contributed by atoms with Crippen LogP contribution in [-0.2, 0) is 4.79 Å². The maximum atomic E-state index is 11.5.